The maximum atomic E-state index is 2.59. The smallest absolute Gasteiger partial charge is 0.0676 e. The molecule has 0 bridgehead atoms. The molecule has 0 atom stereocenters. The molecule has 11 aromatic carbocycles. The molecule has 0 saturated carbocycles. The zero-order valence-electron chi connectivity index (χ0n) is 42.0. The van der Waals surface area contributed by atoms with Gasteiger partial charge in [0, 0.05) is 56.5 Å². The van der Waals surface area contributed by atoms with Crippen LogP contribution in [0.2, 0.25) is 0 Å². The molecule has 360 valence electrons. The summed E-state index contributed by atoms with van der Waals surface area (Å²) in [6, 6.07) is 107. The van der Waals surface area contributed by atoms with Gasteiger partial charge in [0.15, 0.2) is 0 Å². The summed E-state index contributed by atoms with van der Waals surface area (Å²) < 4.78 is 2.54. The lowest BCUT2D eigenvalue weighted by Gasteiger charge is -2.37. The molecule has 0 fully saturated rings. The summed E-state index contributed by atoms with van der Waals surface area (Å²) in [6.07, 6.45) is 4.35. The third kappa shape index (κ3) is 7.59. The van der Waals surface area contributed by atoms with Crippen LogP contribution in [0.25, 0.3) is 56.0 Å². The van der Waals surface area contributed by atoms with Crippen molar-refractivity contribution in [3.05, 3.63) is 325 Å². The number of allylic oxidation sites excluding steroid dienone is 1. The van der Waals surface area contributed by atoms with Gasteiger partial charge < -0.3 is 14.4 Å². The van der Waals surface area contributed by atoms with E-state index in [-0.39, 0.29) is 0 Å². The molecule has 0 spiro atoms. The van der Waals surface area contributed by atoms with E-state index in [1.54, 1.807) is 0 Å². The highest BCUT2D eigenvalue weighted by Gasteiger charge is 2.47. The fourth-order valence-electron chi connectivity index (χ4n) is 12.5. The van der Waals surface area contributed by atoms with Crippen LogP contribution in [0.1, 0.15) is 34.4 Å². The second-order valence-electron chi connectivity index (χ2n) is 20.0. The van der Waals surface area contributed by atoms with Gasteiger partial charge in [0.1, 0.15) is 0 Å². The molecule has 12 aromatic rings. The molecular weight excluding hydrogens is 919 g/mol. The van der Waals surface area contributed by atoms with E-state index >= 15 is 0 Å². The molecule has 0 unspecified atom stereocenters. The van der Waals surface area contributed by atoms with E-state index in [4.69, 9.17) is 0 Å². The highest BCUT2D eigenvalue weighted by Crippen LogP contribution is 2.59. The van der Waals surface area contributed by atoms with Gasteiger partial charge in [-0.2, -0.15) is 0 Å². The highest BCUT2D eigenvalue weighted by atomic mass is 15.1. The Morgan fingerprint density at radius 1 is 0.329 bits per heavy atom. The lowest BCUT2D eigenvalue weighted by atomic mass is 9.64. The number of fused-ring (bicyclic) bond motifs is 6. The lowest BCUT2D eigenvalue weighted by molar-refractivity contribution is 0.685. The Labute approximate surface area is 445 Å². The number of aromatic nitrogens is 1. The van der Waals surface area contributed by atoms with Crippen LogP contribution in [0.3, 0.4) is 0 Å². The van der Waals surface area contributed by atoms with E-state index in [2.05, 4.69) is 312 Å². The first kappa shape index (κ1) is 45.0. The van der Waals surface area contributed by atoms with Gasteiger partial charge in [0.25, 0.3) is 0 Å². The summed E-state index contributed by atoms with van der Waals surface area (Å²) in [5, 5.41) is 1.22. The Morgan fingerprint density at radius 3 is 1.29 bits per heavy atom. The summed E-state index contributed by atoms with van der Waals surface area (Å²) in [5.74, 6) is 0. The van der Waals surface area contributed by atoms with Gasteiger partial charge >= 0.3 is 0 Å². The zero-order valence-corrected chi connectivity index (χ0v) is 42.0. The molecule has 1 heterocycles. The van der Waals surface area contributed by atoms with Crippen LogP contribution in [-0.2, 0) is 11.8 Å². The van der Waals surface area contributed by atoms with Crippen molar-refractivity contribution in [3.63, 3.8) is 0 Å². The first-order valence-electron chi connectivity index (χ1n) is 26.5. The van der Waals surface area contributed by atoms with Crippen molar-refractivity contribution in [2.45, 2.75) is 18.3 Å². The van der Waals surface area contributed by atoms with E-state index in [9.17, 15) is 0 Å². The predicted molar refractivity (Wildman–Crippen MR) is 318 cm³/mol. The third-order valence-electron chi connectivity index (χ3n) is 15.7. The van der Waals surface area contributed by atoms with Gasteiger partial charge in [-0.15, -0.1) is 0 Å². The van der Waals surface area contributed by atoms with Crippen molar-refractivity contribution in [1.82, 2.24) is 4.57 Å². The van der Waals surface area contributed by atoms with Gasteiger partial charge in [-0.1, -0.05) is 200 Å². The van der Waals surface area contributed by atoms with Crippen molar-refractivity contribution in [1.29, 1.82) is 0 Å². The van der Waals surface area contributed by atoms with Crippen LogP contribution in [0.5, 0.6) is 0 Å². The Bertz CT molecular complexity index is 3930. The molecule has 3 nitrogen and oxygen atoms in total. The van der Waals surface area contributed by atoms with Crippen LogP contribution >= 0.6 is 0 Å². The number of anilines is 6. The summed E-state index contributed by atoms with van der Waals surface area (Å²) in [7, 11) is 0. The van der Waals surface area contributed by atoms with E-state index in [0.717, 1.165) is 52.7 Å². The zero-order chi connectivity index (χ0) is 50.4. The first-order chi connectivity index (χ1) is 37.7. The van der Waals surface area contributed by atoms with E-state index in [1.807, 2.05) is 0 Å². The molecule has 3 heteroatoms. The number of para-hydroxylation sites is 3. The van der Waals surface area contributed by atoms with Crippen LogP contribution in [0.4, 0.5) is 34.1 Å². The Balaban J connectivity index is 1.00. The average Bonchev–Trinajstić information content (AvgIpc) is 4.17. The standard InChI is InChI=1S/C73H53N3/c1-7-23-52(24-8-1)54-47-55(53-25-9-2-10-26-53)49-64(48-54)75(60-33-17-6-18-34-60)63-44-46-72-68(51-63)67-50-57(73(56-27-11-3-12-28-56)69-37-21-19-35-65(69)66-36-20-22-38-70(66)73)39-45-71(67)76(72)62-42-40-61(41-43-62)74(58-29-13-4-14-30-58)59-31-15-5-16-32-59/h1-38,40-44,46-51H,39,45H2. The van der Waals surface area contributed by atoms with Crippen molar-refractivity contribution in [3.8, 4) is 39.1 Å². The maximum absolute atomic E-state index is 2.59. The van der Waals surface area contributed by atoms with Crippen molar-refractivity contribution in [2.24, 2.45) is 0 Å². The second-order valence-corrected chi connectivity index (χ2v) is 20.0. The normalized spacial score (nSPS) is 13.1. The summed E-state index contributed by atoms with van der Waals surface area (Å²) in [5.41, 5.74) is 23.8. The number of benzene rings is 11. The number of nitrogens with zero attached hydrogens (tertiary/aromatic N) is 3. The van der Waals surface area contributed by atoms with Crippen LogP contribution in [0.15, 0.2) is 297 Å². The molecule has 76 heavy (non-hydrogen) atoms. The predicted octanol–water partition coefficient (Wildman–Crippen LogP) is 19.2. The quantitative estimate of drug-likeness (QED) is 0.128. The largest absolute Gasteiger partial charge is 0.313 e. The highest BCUT2D eigenvalue weighted by molar-refractivity contribution is 5.99. The average molecular weight is 972 g/mol. The fraction of sp³-hybridized carbons (Fsp3) is 0.0411. The van der Waals surface area contributed by atoms with Crippen LogP contribution in [0, 0.1) is 0 Å². The lowest BCUT2D eigenvalue weighted by Crippen LogP contribution is -2.31. The molecule has 0 amide bonds. The van der Waals surface area contributed by atoms with Gasteiger partial charge in [-0.25, -0.2) is 0 Å². The Hall–Kier alpha value is -9.70. The molecular formula is C73H53N3. The SMILES string of the molecule is C1=C(C2(c3ccccc3)c3ccccc3-c3ccccc32)CCc2c1c1cc(N(c3ccccc3)c3cc(-c4ccccc4)cc(-c4ccccc4)c3)ccc1n2-c1ccc(N(c2ccccc2)c2ccccc2)cc1. The Kier molecular flexibility index (Phi) is 11.2. The Morgan fingerprint density at radius 2 is 0.763 bits per heavy atom. The third-order valence-corrected chi connectivity index (χ3v) is 15.7. The minimum Gasteiger partial charge on any atom is -0.313 e. The van der Waals surface area contributed by atoms with Crippen LogP contribution < -0.4 is 9.80 Å². The molecule has 2 aliphatic rings. The van der Waals surface area contributed by atoms with Gasteiger partial charge in [-0.05, 0) is 166 Å². The van der Waals surface area contributed by atoms with Crippen molar-refractivity contribution >= 4 is 51.1 Å². The molecule has 0 N–H and O–H groups in total. The summed E-state index contributed by atoms with van der Waals surface area (Å²) in [6.45, 7) is 0. The summed E-state index contributed by atoms with van der Waals surface area (Å²) in [4.78, 5) is 4.78. The minimum atomic E-state index is -0.472. The first-order valence-corrected chi connectivity index (χ1v) is 26.5. The van der Waals surface area contributed by atoms with E-state index in [1.165, 1.54) is 77.8 Å². The van der Waals surface area contributed by atoms with Gasteiger partial charge in [0.2, 0.25) is 0 Å². The number of hydrogen-bond donors (Lipinski definition) is 0. The second kappa shape index (κ2) is 19.0. The molecule has 14 rings (SSSR count). The topological polar surface area (TPSA) is 11.4 Å². The molecule has 0 saturated heterocycles. The molecule has 2 aliphatic carbocycles. The van der Waals surface area contributed by atoms with Crippen molar-refractivity contribution in [2.75, 3.05) is 9.80 Å². The molecule has 1 aromatic heterocycles. The van der Waals surface area contributed by atoms with Gasteiger partial charge in [0.05, 0.1) is 10.9 Å². The van der Waals surface area contributed by atoms with E-state index in [0.29, 0.717) is 0 Å². The minimum absolute atomic E-state index is 0.472. The van der Waals surface area contributed by atoms with Gasteiger partial charge in [-0.3, -0.25) is 0 Å². The number of rotatable bonds is 11. The van der Waals surface area contributed by atoms with Crippen LogP contribution in [-0.4, -0.2) is 4.57 Å². The van der Waals surface area contributed by atoms with E-state index < -0.39 is 5.41 Å². The number of hydrogen-bond acceptors (Lipinski definition) is 2. The summed E-state index contributed by atoms with van der Waals surface area (Å²) >= 11 is 0. The molecule has 0 aliphatic heterocycles. The molecule has 0 radical (unpaired) electrons. The van der Waals surface area contributed by atoms with Crippen molar-refractivity contribution < 1.29 is 0 Å². The monoisotopic (exact) mass is 971 g/mol. The fourth-order valence-corrected chi connectivity index (χ4v) is 12.5. The maximum Gasteiger partial charge on any atom is 0.0676 e.